The standard InChI is InChI=1S/C24H35N5O6S/c1-36-13-11-17(27-21(31)16(25)14-15-6-3-2-4-7-15)23(33)29-12-5-8-19(29)22(32)28-18(24(34)35)9-10-20(26)30/h2-4,6-7,16-19H,5,8-14,25H2,1H3,(H2,26,30)(H,27,31)(H,28,32)(H,34,35). The highest BCUT2D eigenvalue weighted by atomic mass is 32.2. The number of nitrogens with zero attached hydrogens (tertiary/aromatic N) is 1. The molecule has 198 valence electrons. The normalized spacial score (nSPS) is 17.6. The zero-order chi connectivity index (χ0) is 26.7. The third kappa shape index (κ3) is 8.83. The average Bonchev–Trinajstić information content (AvgIpc) is 3.34. The van der Waals surface area contributed by atoms with E-state index in [1.165, 1.54) is 16.7 Å². The van der Waals surface area contributed by atoms with Crippen molar-refractivity contribution in [1.29, 1.82) is 0 Å². The van der Waals surface area contributed by atoms with Gasteiger partial charge in [0.15, 0.2) is 0 Å². The van der Waals surface area contributed by atoms with E-state index in [0.717, 1.165) is 5.56 Å². The highest BCUT2D eigenvalue weighted by Gasteiger charge is 2.39. The summed E-state index contributed by atoms with van der Waals surface area (Å²) in [6, 6.07) is 5.41. The Hall–Kier alpha value is -3.12. The van der Waals surface area contributed by atoms with Crippen LogP contribution in [0.5, 0.6) is 0 Å². The summed E-state index contributed by atoms with van der Waals surface area (Å²) in [4.78, 5) is 63.0. The number of carbonyl (C=O) groups is 5. The second kappa shape index (κ2) is 14.4. The molecule has 1 aliphatic heterocycles. The molecule has 0 bridgehead atoms. The van der Waals surface area contributed by atoms with E-state index < -0.39 is 53.8 Å². The number of carbonyl (C=O) groups excluding carboxylic acids is 4. The van der Waals surface area contributed by atoms with Crippen LogP contribution in [0.3, 0.4) is 0 Å². The van der Waals surface area contributed by atoms with Gasteiger partial charge in [-0.05, 0) is 49.7 Å². The third-order valence-corrected chi connectivity index (χ3v) is 6.64. The van der Waals surface area contributed by atoms with Crippen LogP contribution in [-0.2, 0) is 30.4 Å². The maximum Gasteiger partial charge on any atom is 0.326 e. The minimum absolute atomic E-state index is 0.150. The lowest BCUT2D eigenvalue weighted by Gasteiger charge is -2.30. The van der Waals surface area contributed by atoms with Gasteiger partial charge in [0.1, 0.15) is 18.1 Å². The van der Waals surface area contributed by atoms with Crippen LogP contribution in [0.15, 0.2) is 30.3 Å². The number of nitrogens with one attached hydrogen (secondary N) is 2. The van der Waals surface area contributed by atoms with E-state index in [1.807, 2.05) is 36.6 Å². The Balaban J connectivity index is 2.07. The van der Waals surface area contributed by atoms with Gasteiger partial charge in [0.2, 0.25) is 23.6 Å². The van der Waals surface area contributed by atoms with E-state index in [9.17, 15) is 29.1 Å². The highest BCUT2D eigenvalue weighted by Crippen LogP contribution is 2.20. The summed E-state index contributed by atoms with van der Waals surface area (Å²) >= 11 is 1.52. The molecule has 1 fully saturated rings. The molecule has 1 aromatic carbocycles. The molecule has 0 aliphatic carbocycles. The van der Waals surface area contributed by atoms with Gasteiger partial charge in [0, 0.05) is 13.0 Å². The Morgan fingerprint density at radius 2 is 1.81 bits per heavy atom. The minimum Gasteiger partial charge on any atom is -0.480 e. The van der Waals surface area contributed by atoms with Gasteiger partial charge in [0.05, 0.1) is 6.04 Å². The van der Waals surface area contributed by atoms with Gasteiger partial charge >= 0.3 is 5.97 Å². The van der Waals surface area contributed by atoms with Crippen LogP contribution in [0.2, 0.25) is 0 Å². The van der Waals surface area contributed by atoms with Gasteiger partial charge in [-0.3, -0.25) is 19.2 Å². The van der Waals surface area contributed by atoms with Gasteiger partial charge < -0.3 is 32.1 Å². The summed E-state index contributed by atoms with van der Waals surface area (Å²) in [7, 11) is 0. The fraction of sp³-hybridized carbons (Fsp3) is 0.542. The summed E-state index contributed by atoms with van der Waals surface area (Å²) in [5.41, 5.74) is 12.1. The van der Waals surface area contributed by atoms with Crippen LogP contribution in [0.1, 0.15) is 37.7 Å². The van der Waals surface area contributed by atoms with Gasteiger partial charge in [-0.15, -0.1) is 0 Å². The van der Waals surface area contributed by atoms with E-state index in [-0.39, 0.29) is 12.8 Å². The van der Waals surface area contributed by atoms with Gasteiger partial charge in [0.25, 0.3) is 0 Å². The minimum atomic E-state index is -1.30. The van der Waals surface area contributed by atoms with Gasteiger partial charge in [-0.2, -0.15) is 11.8 Å². The number of carboxylic acids is 1. The number of rotatable bonds is 14. The number of primary amides is 1. The van der Waals surface area contributed by atoms with Crippen molar-refractivity contribution >= 4 is 41.4 Å². The smallest absolute Gasteiger partial charge is 0.326 e. The van der Waals surface area contributed by atoms with Crippen molar-refractivity contribution in [2.24, 2.45) is 11.5 Å². The molecule has 1 heterocycles. The zero-order valence-corrected chi connectivity index (χ0v) is 21.2. The molecule has 0 aromatic heterocycles. The molecule has 1 saturated heterocycles. The number of likely N-dealkylation sites (tertiary alicyclic amines) is 1. The predicted octanol–water partition coefficient (Wildman–Crippen LogP) is -0.380. The second-order valence-corrected chi connectivity index (χ2v) is 9.72. The predicted molar refractivity (Wildman–Crippen MR) is 136 cm³/mol. The van der Waals surface area contributed by atoms with Crippen LogP contribution in [-0.4, -0.2) is 82.3 Å². The molecule has 0 spiro atoms. The Kier molecular flexibility index (Phi) is 11.7. The number of hydrogen-bond acceptors (Lipinski definition) is 7. The zero-order valence-electron chi connectivity index (χ0n) is 20.4. The Morgan fingerprint density at radius 3 is 2.42 bits per heavy atom. The van der Waals surface area contributed by atoms with Crippen LogP contribution in [0.25, 0.3) is 0 Å². The van der Waals surface area contributed by atoms with Gasteiger partial charge in [-0.25, -0.2) is 4.79 Å². The molecule has 36 heavy (non-hydrogen) atoms. The molecule has 0 saturated carbocycles. The van der Waals surface area contributed by atoms with E-state index in [1.54, 1.807) is 0 Å². The molecule has 1 aliphatic rings. The monoisotopic (exact) mass is 521 g/mol. The number of thioether (sulfide) groups is 1. The first-order chi connectivity index (χ1) is 17.1. The summed E-state index contributed by atoms with van der Waals surface area (Å²) < 4.78 is 0. The largest absolute Gasteiger partial charge is 0.480 e. The topological polar surface area (TPSA) is 185 Å². The summed E-state index contributed by atoms with van der Waals surface area (Å²) in [6.45, 7) is 0.303. The maximum absolute atomic E-state index is 13.4. The van der Waals surface area contributed by atoms with Gasteiger partial charge in [-0.1, -0.05) is 30.3 Å². The van der Waals surface area contributed by atoms with Crippen molar-refractivity contribution in [3.05, 3.63) is 35.9 Å². The van der Waals surface area contributed by atoms with Crippen molar-refractivity contribution in [3.8, 4) is 0 Å². The van der Waals surface area contributed by atoms with Crippen LogP contribution in [0.4, 0.5) is 0 Å². The number of carboxylic acid groups (broad SMARTS) is 1. The first kappa shape index (κ1) is 29.1. The lowest BCUT2D eigenvalue weighted by atomic mass is 10.0. The van der Waals surface area contributed by atoms with Crippen molar-refractivity contribution in [1.82, 2.24) is 15.5 Å². The molecule has 2 rings (SSSR count). The van der Waals surface area contributed by atoms with Crippen molar-refractivity contribution in [3.63, 3.8) is 0 Å². The molecular weight excluding hydrogens is 486 g/mol. The molecule has 4 atom stereocenters. The van der Waals surface area contributed by atoms with E-state index >= 15 is 0 Å². The van der Waals surface area contributed by atoms with E-state index in [0.29, 0.717) is 38.0 Å². The van der Waals surface area contributed by atoms with Crippen LogP contribution in [0, 0.1) is 0 Å². The summed E-state index contributed by atoms with van der Waals surface area (Å²) in [5, 5.41) is 14.6. The average molecular weight is 522 g/mol. The Labute approximate surface area is 214 Å². The quantitative estimate of drug-likeness (QED) is 0.219. The second-order valence-electron chi connectivity index (χ2n) is 8.73. The van der Waals surface area contributed by atoms with E-state index in [4.69, 9.17) is 11.5 Å². The maximum atomic E-state index is 13.4. The lowest BCUT2D eigenvalue weighted by molar-refractivity contribution is -0.145. The number of hydrogen-bond donors (Lipinski definition) is 5. The lowest BCUT2D eigenvalue weighted by Crippen LogP contribution is -2.57. The molecule has 12 heteroatoms. The number of aliphatic carboxylic acids is 1. The Morgan fingerprint density at radius 1 is 1.11 bits per heavy atom. The van der Waals surface area contributed by atoms with Crippen molar-refractivity contribution in [2.45, 2.75) is 62.7 Å². The molecule has 7 N–H and O–H groups in total. The van der Waals surface area contributed by atoms with Crippen LogP contribution < -0.4 is 22.1 Å². The summed E-state index contributed by atoms with van der Waals surface area (Å²) in [6.07, 6.45) is 3.11. The fourth-order valence-corrected chi connectivity index (χ4v) is 4.52. The molecule has 1 aromatic rings. The molecule has 0 radical (unpaired) electrons. The van der Waals surface area contributed by atoms with Crippen molar-refractivity contribution in [2.75, 3.05) is 18.6 Å². The first-order valence-electron chi connectivity index (χ1n) is 11.8. The number of amides is 4. The molecule has 4 unspecified atom stereocenters. The SMILES string of the molecule is CSCCC(NC(=O)C(N)Cc1ccccc1)C(=O)N1CCCC1C(=O)NC(CCC(N)=O)C(=O)O. The van der Waals surface area contributed by atoms with Crippen molar-refractivity contribution < 1.29 is 29.1 Å². The molecule has 4 amide bonds. The number of nitrogens with two attached hydrogens (primary N) is 2. The highest BCUT2D eigenvalue weighted by molar-refractivity contribution is 7.98. The van der Waals surface area contributed by atoms with Crippen LogP contribution >= 0.6 is 11.8 Å². The summed E-state index contributed by atoms with van der Waals surface area (Å²) in [5.74, 6) is -2.86. The first-order valence-corrected chi connectivity index (χ1v) is 13.2. The third-order valence-electron chi connectivity index (χ3n) is 5.99. The molecular formula is C24H35N5O6S. The number of benzene rings is 1. The molecule has 11 nitrogen and oxygen atoms in total. The Bertz CT molecular complexity index is 931. The van der Waals surface area contributed by atoms with E-state index in [2.05, 4.69) is 10.6 Å². The fourth-order valence-electron chi connectivity index (χ4n) is 4.05.